The van der Waals surface area contributed by atoms with E-state index < -0.39 is 5.82 Å². The summed E-state index contributed by atoms with van der Waals surface area (Å²) in [6, 6.07) is 3.52. The van der Waals surface area contributed by atoms with Crippen LogP contribution in [0.5, 0.6) is 0 Å². The van der Waals surface area contributed by atoms with Crippen LogP contribution in [-0.2, 0) is 6.42 Å². The van der Waals surface area contributed by atoms with Gasteiger partial charge in [0, 0.05) is 26.2 Å². The van der Waals surface area contributed by atoms with E-state index in [9.17, 15) is 13.9 Å². The van der Waals surface area contributed by atoms with Crippen LogP contribution in [-0.4, -0.2) is 37.3 Å². The van der Waals surface area contributed by atoms with Crippen LogP contribution < -0.4 is 10.6 Å². The summed E-state index contributed by atoms with van der Waals surface area (Å²) in [5.41, 5.74) is 0.446. The van der Waals surface area contributed by atoms with Crippen LogP contribution in [0.25, 0.3) is 0 Å². The van der Waals surface area contributed by atoms with Gasteiger partial charge in [-0.25, -0.2) is 8.78 Å². The Hall–Kier alpha value is -1.69. The zero-order valence-corrected chi connectivity index (χ0v) is 15.7. The normalized spacial score (nSPS) is 17.2. The second-order valence-electron chi connectivity index (χ2n) is 7.14. The molecule has 4 nitrogen and oxygen atoms in total. The number of aliphatic imine (C=N–C) groups is 1. The van der Waals surface area contributed by atoms with Crippen molar-refractivity contribution in [2.24, 2.45) is 10.4 Å². The highest BCUT2D eigenvalue weighted by Gasteiger charge is 2.31. The van der Waals surface area contributed by atoms with Crippen molar-refractivity contribution in [3.63, 3.8) is 0 Å². The topological polar surface area (TPSA) is 56.7 Å². The number of hydrogen-bond donors (Lipinski definition) is 3. The molecule has 1 saturated carbocycles. The third kappa shape index (κ3) is 6.24. The molecular weight excluding hydrogens is 336 g/mol. The average Bonchev–Trinajstić information content (AvgIpc) is 2.64. The Bertz CT molecular complexity index is 581. The van der Waals surface area contributed by atoms with E-state index in [-0.39, 0.29) is 17.8 Å². The fourth-order valence-corrected chi connectivity index (χ4v) is 3.67. The lowest BCUT2D eigenvalue weighted by Crippen LogP contribution is -2.40. The molecule has 0 heterocycles. The highest BCUT2D eigenvalue weighted by Crippen LogP contribution is 2.39. The van der Waals surface area contributed by atoms with E-state index in [1.54, 1.807) is 0 Å². The Morgan fingerprint density at radius 2 is 1.96 bits per heavy atom. The van der Waals surface area contributed by atoms with Gasteiger partial charge in [0.05, 0.1) is 0 Å². The van der Waals surface area contributed by atoms with Gasteiger partial charge in [-0.2, -0.15) is 0 Å². The van der Waals surface area contributed by atoms with Gasteiger partial charge in [0.25, 0.3) is 0 Å². The second kappa shape index (κ2) is 10.5. The van der Waals surface area contributed by atoms with Crippen molar-refractivity contribution < 1.29 is 13.9 Å². The maximum Gasteiger partial charge on any atom is 0.191 e. The van der Waals surface area contributed by atoms with Crippen molar-refractivity contribution in [2.75, 3.05) is 26.2 Å². The molecule has 1 aromatic carbocycles. The van der Waals surface area contributed by atoms with E-state index in [1.807, 2.05) is 6.92 Å². The van der Waals surface area contributed by atoms with Crippen LogP contribution in [0.15, 0.2) is 23.2 Å². The lowest BCUT2D eigenvalue weighted by atomic mass is 9.72. The number of aliphatic hydroxyl groups is 1. The number of benzene rings is 1. The molecule has 0 unspecified atom stereocenters. The van der Waals surface area contributed by atoms with Crippen molar-refractivity contribution in [1.82, 2.24) is 10.6 Å². The molecule has 0 spiro atoms. The van der Waals surface area contributed by atoms with Gasteiger partial charge < -0.3 is 15.7 Å². The van der Waals surface area contributed by atoms with Gasteiger partial charge in [-0.15, -0.1) is 0 Å². The largest absolute Gasteiger partial charge is 0.396 e. The van der Waals surface area contributed by atoms with Gasteiger partial charge in [-0.1, -0.05) is 19.3 Å². The van der Waals surface area contributed by atoms with Gasteiger partial charge in [0.1, 0.15) is 11.6 Å². The zero-order valence-electron chi connectivity index (χ0n) is 15.7. The predicted octanol–water partition coefficient (Wildman–Crippen LogP) is 3.40. The Kier molecular flexibility index (Phi) is 8.29. The third-order valence-corrected chi connectivity index (χ3v) is 5.17. The van der Waals surface area contributed by atoms with E-state index in [0.29, 0.717) is 31.0 Å². The lowest BCUT2D eigenvalue weighted by Gasteiger charge is -2.35. The molecule has 1 aromatic rings. The molecule has 1 aliphatic carbocycles. The van der Waals surface area contributed by atoms with Crippen molar-refractivity contribution in [3.05, 3.63) is 35.4 Å². The number of nitrogens with one attached hydrogen (secondary N) is 2. The van der Waals surface area contributed by atoms with Crippen molar-refractivity contribution in [3.8, 4) is 0 Å². The van der Waals surface area contributed by atoms with Crippen LogP contribution >= 0.6 is 0 Å². The fraction of sp³-hybridized carbons (Fsp3) is 0.650. The molecule has 6 heteroatoms. The van der Waals surface area contributed by atoms with Gasteiger partial charge in [0.15, 0.2) is 5.96 Å². The molecule has 0 radical (unpaired) electrons. The molecule has 1 fully saturated rings. The Labute approximate surface area is 155 Å². The Morgan fingerprint density at radius 3 is 2.65 bits per heavy atom. The number of hydrogen-bond acceptors (Lipinski definition) is 2. The van der Waals surface area contributed by atoms with E-state index >= 15 is 0 Å². The van der Waals surface area contributed by atoms with E-state index in [1.165, 1.54) is 25.3 Å². The molecule has 0 aliphatic heterocycles. The van der Waals surface area contributed by atoms with E-state index in [2.05, 4.69) is 10.6 Å². The SMILES string of the molecule is CCNC(=NCC1(CCO)CCCCC1)NCCc1cc(F)ccc1F. The number of aliphatic hydroxyl groups excluding tert-OH is 1. The summed E-state index contributed by atoms with van der Waals surface area (Å²) in [7, 11) is 0. The average molecular weight is 367 g/mol. The summed E-state index contributed by atoms with van der Waals surface area (Å²) >= 11 is 0. The van der Waals surface area contributed by atoms with Gasteiger partial charge in [0.2, 0.25) is 0 Å². The lowest BCUT2D eigenvalue weighted by molar-refractivity contribution is 0.137. The molecule has 0 saturated heterocycles. The third-order valence-electron chi connectivity index (χ3n) is 5.17. The zero-order chi connectivity index (χ0) is 18.8. The molecule has 146 valence electrons. The second-order valence-corrected chi connectivity index (χ2v) is 7.14. The number of rotatable bonds is 8. The monoisotopic (exact) mass is 367 g/mol. The smallest absolute Gasteiger partial charge is 0.191 e. The molecule has 26 heavy (non-hydrogen) atoms. The maximum absolute atomic E-state index is 13.7. The quantitative estimate of drug-likeness (QED) is 0.488. The Balaban J connectivity index is 1.94. The molecule has 0 amide bonds. The number of nitrogens with zero attached hydrogens (tertiary/aromatic N) is 1. The van der Waals surface area contributed by atoms with Crippen LogP contribution in [0.1, 0.15) is 51.0 Å². The van der Waals surface area contributed by atoms with Crippen molar-refractivity contribution >= 4 is 5.96 Å². The first-order valence-electron chi connectivity index (χ1n) is 9.65. The predicted molar refractivity (Wildman–Crippen MR) is 101 cm³/mol. The number of halogens is 2. The van der Waals surface area contributed by atoms with Crippen molar-refractivity contribution in [1.29, 1.82) is 0 Å². The summed E-state index contributed by atoms with van der Waals surface area (Å²) in [4.78, 5) is 4.71. The molecule has 0 atom stereocenters. The molecule has 2 rings (SSSR count). The van der Waals surface area contributed by atoms with E-state index in [4.69, 9.17) is 4.99 Å². The first kappa shape index (κ1) is 20.6. The minimum absolute atomic E-state index is 0.0873. The van der Waals surface area contributed by atoms with Gasteiger partial charge in [-0.3, -0.25) is 4.99 Å². The number of guanidine groups is 1. The molecule has 3 N–H and O–H groups in total. The van der Waals surface area contributed by atoms with Crippen LogP contribution in [0.2, 0.25) is 0 Å². The Morgan fingerprint density at radius 1 is 1.19 bits per heavy atom. The van der Waals surface area contributed by atoms with Crippen molar-refractivity contribution in [2.45, 2.75) is 51.9 Å². The summed E-state index contributed by atoms with van der Waals surface area (Å²) < 4.78 is 27.0. The first-order valence-corrected chi connectivity index (χ1v) is 9.65. The highest BCUT2D eigenvalue weighted by molar-refractivity contribution is 5.79. The summed E-state index contributed by atoms with van der Waals surface area (Å²) in [5.74, 6) is -0.128. The molecule has 0 bridgehead atoms. The molecule has 1 aliphatic rings. The van der Waals surface area contributed by atoms with Gasteiger partial charge >= 0.3 is 0 Å². The standard InChI is InChI=1S/C20H31F2N3O/c1-2-23-19(24-12-8-16-14-17(21)6-7-18(16)22)25-15-20(11-13-26)9-4-3-5-10-20/h6-7,14,26H,2-5,8-13,15H2,1H3,(H2,23,24,25). The molecule has 0 aromatic heterocycles. The van der Waals surface area contributed by atoms with Crippen LogP contribution in [0, 0.1) is 17.0 Å². The minimum Gasteiger partial charge on any atom is -0.396 e. The summed E-state index contributed by atoms with van der Waals surface area (Å²) in [6.45, 7) is 4.06. The maximum atomic E-state index is 13.7. The van der Waals surface area contributed by atoms with Gasteiger partial charge in [-0.05, 0) is 61.8 Å². The first-order chi connectivity index (χ1) is 12.6. The summed E-state index contributed by atoms with van der Waals surface area (Å²) in [5, 5.41) is 15.8. The minimum atomic E-state index is -0.426. The van der Waals surface area contributed by atoms with Crippen LogP contribution in [0.4, 0.5) is 8.78 Å². The van der Waals surface area contributed by atoms with Crippen LogP contribution in [0.3, 0.4) is 0 Å². The summed E-state index contributed by atoms with van der Waals surface area (Å²) in [6.07, 6.45) is 7.02. The molecular formula is C20H31F2N3O. The fourth-order valence-electron chi connectivity index (χ4n) is 3.67. The van der Waals surface area contributed by atoms with E-state index in [0.717, 1.165) is 37.9 Å². The highest BCUT2D eigenvalue weighted by atomic mass is 19.1.